The van der Waals surface area contributed by atoms with Gasteiger partial charge in [-0.3, -0.25) is 4.79 Å². The molecule has 1 unspecified atom stereocenters. The quantitative estimate of drug-likeness (QED) is 0.555. The van der Waals surface area contributed by atoms with Gasteiger partial charge in [-0.15, -0.1) is 11.8 Å². The van der Waals surface area contributed by atoms with Gasteiger partial charge in [0.25, 0.3) is 0 Å². The average Bonchev–Trinajstić information content (AvgIpc) is 2.16. The maximum Gasteiger partial charge on any atom is 0.461 e. The third kappa shape index (κ3) is 3.94. The van der Waals surface area contributed by atoms with Gasteiger partial charge >= 0.3 is 17.9 Å². The fraction of sp³-hybridized carbons (Fsp3) is 0.714. The van der Waals surface area contributed by atoms with Gasteiger partial charge in [0, 0.05) is 17.3 Å². The number of carbonyl (C=O) groups is 2. The largest absolute Gasteiger partial charge is 0.461 e. The molecule has 0 bridgehead atoms. The predicted octanol–water partition coefficient (Wildman–Crippen LogP) is 1.47. The molecule has 1 saturated heterocycles. The first-order valence-electron chi connectivity index (χ1n) is 3.92. The van der Waals surface area contributed by atoms with Gasteiger partial charge < -0.3 is 4.74 Å². The minimum atomic E-state index is -5.15. The van der Waals surface area contributed by atoms with Crippen LogP contribution in [0.5, 0.6) is 0 Å². The van der Waals surface area contributed by atoms with Crippen LogP contribution < -0.4 is 0 Å². The Kier molecular flexibility index (Phi) is 4.32. The van der Waals surface area contributed by atoms with Crippen molar-refractivity contribution in [3.05, 3.63) is 0 Å². The Balaban J connectivity index is 2.44. The number of rotatable bonds is 2. The fourth-order valence-electron chi connectivity index (χ4n) is 0.823. The number of esters is 1. The summed E-state index contributed by atoms with van der Waals surface area (Å²) in [4.78, 5) is 21.2. The van der Waals surface area contributed by atoms with Gasteiger partial charge in [-0.05, 0) is 0 Å². The summed E-state index contributed by atoms with van der Waals surface area (Å²) in [6, 6.07) is 0. The van der Waals surface area contributed by atoms with E-state index in [-0.39, 0.29) is 0 Å². The summed E-state index contributed by atoms with van der Waals surface area (Å²) in [5.74, 6) is -2.28. The lowest BCUT2D eigenvalue weighted by atomic mass is 10.4. The smallest absolute Gasteiger partial charge is 0.444 e. The molecule has 0 aromatic rings. The van der Waals surface area contributed by atoms with Crippen LogP contribution in [-0.4, -0.2) is 40.6 Å². The summed E-state index contributed by atoms with van der Waals surface area (Å²) in [6.07, 6.45) is -5.15. The van der Waals surface area contributed by atoms with Crippen LogP contribution in [0, 0.1) is 0 Å². The number of thioether (sulfide) groups is 2. The van der Waals surface area contributed by atoms with Gasteiger partial charge in [-0.2, -0.15) is 24.9 Å². The Bertz CT molecular complexity index is 261. The molecule has 0 N–H and O–H groups in total. The maximum absolute atomic E-state index is 11.8. The average molecular weight is 260 g/mol. The van der Waals surface area contributed by atoms with E-state index < -0.39 is 23.4 Å². The van der Waals surface area contributed by atoms with Crippen LogP contribution in [0.4, 0.5) is 13.2 Å². The van der Waals surface area contributed by atoms with Crippen LogP contribution in [0.1, 0.15) is 0 Å². The van der Waals surface area contributed by atoms with Crippen LogP contribution in [0.2, 0.25) is 0 Å². The molecule has 8 heteroatoms. The molecule has 3 nitrogen and oxygen atoms in total. The Labute approximate surface area is 92.1 Å². The van der Waals surface area contributed by atoms with Crippen molar-refractivity contribution >= 4 is 35.3 Å². The third-order valence-corrected chi connectivity index (χ3v) is 4.04. The van der Waals surface area contributed by atoms with Gasteiger partial charge in [0.2, 0.25) is 0 Å². The van der Waals surface area contributed by atoms with E-state index in [0.29, 0.717) is 11.5 Å². The highest BCUT2D eigenvalue weighted by Gasteiger charge is 2.45. The lowest BCUT2D eigenvalue weighted by Gasteiger charge is -2.20. The van der Waals surface area contributed by atoms with E-state index in [4.69, 9.17) is 0 Å². The molecule has 1 rings (SSSR count). The first kappa shape index (κ1) is 12.7. The third-order valence-electron chi connectivity index (χ3n) is 1.47. The van der Waals surface area contributed by atoms with Crippen molar-refractivity contribution in [1.29, 1.82) is 0 Å². The lowest BCUT2D eigenvalue weighted by molar-refractivity contribution is -0.183. The van der Waals surface area contributed by atoms with E-state index in [1.807, 2.05) is 0 Å². The second-order valence-electron chi connectivity index (χ2n) is 2.61. The minimum absolute atomic E-state index is 0.418. The Morgan fingerprint density at radius 2 is 1.93 bits per heavy atom. The van der Waals surface area contributed by atoms with Gasteiger partial charge in [-0.1, -0.05) is 0 Å². The van der Waals surface area contributed by atoms with Gasteiger partial charge in [0.15, 0.2) is 5.44 Å². The first-order valence-corrected chi connectivity index (χ1v) is 6.13. The first-order chi connectivity index (χ1) is 6.91. The standard InChI is InChI=1S/C7H7F3O3S2/c8-7(9,10)5(11)6(12)13-4-3-14-1-2-15-4/h4H,1-3H2. The molecule has 0 amide bonds. The SMILES string of the molecule is O=C(OC1CSCCS1)C(=O)C(F)(F)F. The van der Waals surface area contributed by atoms with Crippen LogP contribution in [0.3, 0.4) is 0 Å². The van der Waals surface area contributed by atoms with E-state index in [0.717, 1.165) is 5.75 Å². The highest BCUT2D eigenvalue weighted by molar-refractivity contribution is 8.06. The number of Topliss-reactive ketones (excluding diaryl/α,β-unsaturated/α-hetero) is 1. The van der Waals surface area contributed by atoms with E-state index in [1.165, 1.54) is 23.5 Å². The monoisotopic (exact) mass is 260 g/mol. The molecule has 1 aliphatic heterocycles. The molecule has 0 aromatic heterocycles. The van der Waals surface area contributed by atoms with Crippen LogP contribution in [0.25, 0.3) is 0 Å². The van der Waals surface area contributed by atoms with Crippen molar-refractivity contribution in [2.24, 2.45) is 0 Å². The van der Waals surface area contributed by atoms with Gasteiger partial charge in [0.1, 0.15) is 0 Å². The number of ether oxygens (including phenoxy) is 1. The summed E-state index contributed by atoms with van der Waals surface area (Å²) in [5.41, 5.74) is -0.650. The van der Waals surface area contributed by atoms with Crippen molar-refractivity contribution in [3.63, 3.8) is 0 Å². The zero-order valence-electron chi connectivity index (χ0n) is 7.37. The molecule has 0 aliphatic carbocycles. The van der Waals surface area contributed by atoms with Crippen LogP contribution in [-0.2, 0) is 14.3 Å². The normalized spacial score (nSPS) is 22.2. The minimum Gasteiger partial charge on any atom is -0.444 e. The number of carbonyl (C=O) groups excluding carboxylic acids is 2. The summed E-state index contributed by atoms with van der Waals surface area (Å²) in [5, 5.41) is 0. The Morgan fingerprint density at radius 3 is 2.40 bits per heavy atom. The zero-order chi connectivity index (χ0) is 11.5. The van der Waals surface area contributed by atoms with Gasteiger partial charge in [-0.25, -0.2) is 4.79 Å². The van der Waals surface area contributed by atoms with Crippen molar-refractivity contribution in [2.45, 2.75) is 11.6 Å². The second kappa shape index (κ2) is 5.11. The molecule has 0 spiro atoms. The molecule has 0 radical (unpaired) electrons. The predicted molar refractivity (Wildman–Crippen MR) is 50.7 cm³/mol. The summed E-state index contributed by atoms with van der Waals surface area (Å²) in [6.45, 7) is 0. The molecule has 1 atom stereocenters. The molecular weight excluding hydrogens is 253 g/mol. The summed E-state index contributed by atoms with van der Waals surface area (Å²) >= 11 is 2.71. The second-order valence-corrected chi connectivity index (χ2v) is 5.02. The van der Waals surface area contributed by atoms with Crippen LogP contribution >= 0.6 is 23.5 Å². The molecule has 0 aromatic carbocycles. The van der Waals surface area contributed by atoms with Crippen molar-refractivity contribution in [2.75, 3.05) is 17.3 Å². The fourth-order valence-corrected chi connectivity index (χ4v) is 3.20. The number of ketones is 1. The number of hydrogen-bond donors (Lipinski definition) is 0. The van der Waals surface area contributed by atoms with Crippen molar-refractivity contribution < 1.29 is 27.5 Å². The molecule has 15 heavy (non-hydrogen) atoms. The number of alkyl halides is 3. The summed E-state index contributed by atoms with van der Waals surface area (Å²) < 4.78 is 39.8. The molecule has 86 valence electrons. The zero-order valence-corrected chi connectivity index (χ0v) is 9.01. The Morgan fingerprint density at radius 1 is 1.27 bits per heavy atom. The lowest BCUT2D eigenvalue weighted by Crippen LogP contribution is -2.35. The van der Waals surface area contributed by atoms with Crippen molar-refractivity contribution in [3.8, 4) is 0 Å². The molecular formula is C7H7F3O3S2. The van der Waals surface area contributed by atoms with E-state index in [9.17, 15) is 22.8 Å². The van der Waals surface area contributed by atoms with E-state index >= 15 is 0 Å². The number of hydrogen-bond acceptors (Lipinski definition) is 5. The van der Waals surface area contributed by atoms with Crippen LogP contribution in [0.15, 0.2) is 0 Å². The van der Waals surface area contributed by atoms with Crippen molar-refractivity contribution in [1.82, 2.24) is 0 Å². The highest BCUT2D eigenvalue weighted by atomic mass is 32.2. The molecule has 1 aliphatic rings. The number of halogens is 3. The molecule has 1 fully saturated rings. The maximum atomic E-state index is 11.8. The highest BCUT2D eigenvalue weighted by Crippen LogP contribution is 2.26. The molecule has 0 saturated carbocycles. The summed E-state index contributed by atoms with van der Waals surface area (Å²) in [7, 11) is 0. The topological polar surface area (TPSA) is 43.4 Å². The van der Waals surface area contributed by atoms with E-state index in [2.05, 4.69) is 4.74 Å². The van der Waals surface area contributed by atoms with E-state index in [1.54, 1.807) is 0 Å². The Hall–Kier alpha value is -0.370. The van der Waals surface area contributed by atoms with Gasteiger partial charge in [0.05, 0.1) is 0 Å². The molecule has 1 heterocycles.